The van der Waals surface area contributed by atoms with Gasteiger partial charge in [-0.1, -0.05) is 36.4 Å². The number of benzene rings is 2. The van der Waals surface area contributed by atoms with Crippen molar-refractivity contribution >= 4 is 5.97 Å². The predicted molar refractivity (Wildman–Crippen MR) is 69.8 cm³/mol. The van der Waals surface area contributed by atoms with E-state index in [1.165, 1.54) is 0 Å². The summed E-state index contributed by atoms with van der Waals surface area (Å²) in [6.07, 6.45) is -1.02. The maximum Gasteiger partial charge on any atom is 0.341 e. The maximum atomic E-state index is 11.8. The van der Waals surface area contributed by atoms with E-state index < -0.39 is 18.9 Å². The van der Waals surface area contributed by atoms with Crippen LogP contribution in [0.1, 0.15) is 10.4 Å². The van der Waals surface area contributed by atoms with Gasteiger partial charge in [-0.15, -0.1) is 0 Å². The van der Waals surface area contributed by atoms with Gasteiger partial charge in [-0.2, -0.15) is 0 Å². The van der Waals surface area contributed by atoms with Gasteiger partial charge in [-0.25, -0.2) is 4.79 Å². The van der Waals surface area contributed by atoms with E-state index in [4.69, 9.17) is 9.47 Å². The molecule has 0 saturated carbocycles. The Kier molecular flexibility index (Phi) is 4.53. The van der Waals surface area contributed by atoms with Gasteiger partial charge < -0.3 is 14.6 Å². The van der Waals surface area contributed by atoms with Gasteiger partial charge in [0.1, 0.15) is 12.4 Å². The number of ether oxygens (including phenoxy) is 2. The van der Waals surface area contributed by atoms with Gasteiger partial charge in [0.05, 0.1) is 5.56 Å². The molecule has 4 nitrogen and oxygen atoms in total. The molecule has 0 heterocycles. The molecule has 0 aliphatic rings. The number of carbonyl (C=O) groups is 1. The first kappa shape index (κ1) is 13.1. The lowest BCUT2D eigenvalue weighted by atomic mass is 10.2. The van der Waals surface area contributed by atoms with E-state index in [2.05, 4.69) is 0 Å². The molecule has 1 atom stereocenters. The van der Waals surface area contributed by atoms with Crippen molar-refractivity contribution < 1.29 is 19.4 Å². The van der Waals surface area contributed by atoms with Crippen LogP contribution in [0.3, 0.4) is 0 Å². The van der Waals surface area contributed by atoms with Gasteiger partial charge in [-0.3, -0.25) is 0 Å². The third-order valence-corrected chi connectivity index (χ3v) is 2.41. The molecular formula is C15H14O4. The number of rotatable bonds is 5. The van der Waals surface area contributed by atoms with Crippen molar-refractivity contribution in [1.82, 2.24) is 0 Å². The van der Waals surface area contributed by atoms with E-state index in [0.29, 0.717) is 11.3 Å². The van der Waals surface area contributed by atoms with Crippen molar-refractivity contribution in [2.75, 3.05) is 6.61 Å². The molecule has 0 saturated heterocycles. The van der Waals surface area contributed by atoms with Gasteiger partial charge in [0, 0.05) is 0 Å². The second-order valence-corrected chi connectivity index (χ2v) is 3.81. The first-order valence-electron chi connectivity index (χ1n) is 5.88. The molecule has 0 aromatic heterocycles. The zero-order valence-corrected chi connectivity index (χ0v) is 10.2. The summed E-state index contributed by atoms with van der Waals surface area (Å²) in [5.41, 5.74) is 0.414. The molecule has 0 amide bonds. The molecule has 1 unspecified atom stereocenters. The minimum atomic E-state index is -1.02. The summed E-state index contributed by atoms with van der Waals surface area (Å²) < 4.78 is 10.4. The Hall–Kier alpha value is -2.33. The summed E-state index contributed by atoms with van der Waals surface area (Å²) in [4.78, 5) is 11.8. The molecule has 1 N–H and O–H groups in total. The molecule has 0 fully saturated rings. The summed E-state index contributed by atoms with van der Waals surface area (Å²) in [7, 11) is 0. The predicted octanol–water partition coefficient (Wildman–Crippen LogP) is 2.24. The van der Waals surface area contributed by atoms with Gasteiger partial charge >= 0.3 is 5.97 Å². The quantitative estimate of drug-likeness (QED) is 0.660. The van der Waals surface area contributed by atoms with Crippen LogP contribution in [0.5, 0.6) is 5.75 Å². The number of hydrogen-bond donors (Lipinski definition) is 1. The van der Waals surface area contributed by atoms with Crippen molar-refractivity contribution in [3.63, 3.8) is 0 Å². The summed E-state index contributed by atoms with van der Waals surface area (Å²) in [6.45, 7) is -0.409. The van der Waals surface area contributed by atoms with Gasteiger partial charge in [-0.05, 0) is 24.3 Å². The summed E-state index contributed by atoms with van der Waals surface area (Å²) >= 11 is 0. The van der Waals surface area contributed by atoms with E-state index in [-0.39, 0.29) is 0 Å². The Morgan fingerprint density at radius 1 is 1.00 bits per heavy atom. The molecule has 2 rings (SSSR count). The van der Waals surface area contributed by atoms with Crippen LogP contribution in [0, 0.1) is 0 Å². The highest BCUT2D eigenvalue weighted by atomic mass is 16.7. The Morgan fingerprint density at radius 2 is 1.58 bits per heavy atom. The Balaban J connectivity index is 1.98. The SMILES string of the molecule is O=C(OC(CO)Oc1ccccc1)c1ccccc1. The molecule has 4 heteroatoms. The number of hydrogen-bond acceptors (Lipinski definition) is 4. The lowest BCUT2D eigenvalue weighted by Gasteiger charge is -2.17. The Morgan fingerprint density at radius 3 is 2.16 bits per heavy atom. The summed E-state index contributed by atoms with van der Waals surface area (Å²) in [5.74, 6) is -0.00186. The fourth-order valence-corrected chi connectivity index (χ4v) is 1.51. The monoisotopic (exact) mass is 258 g/mol. The van der Waals surface area contributed by atoms with Crippen LogP contribution in [0.2, 0.25) is 0 Å². The highest BCUT2D eigenvalue weighted by Crippen LogP contribution is 2.12. The highest BCUT2D eigenvalue weighted by molar-refractivity contribution is 5.89. The van der Waals surface area contributed by atoms with Crippen LogP contribution in [-0.2, 0) is 4.74 Å². The number of carbonyl (C=O) groups excluding carboxylic acids is 1. The van der Waals surface area contributed by atoms with E-state index >= 15 is 0 Å². The fourth-order valence-electron chi connectivity index (χ4n) is 1.51. The number of para-hydroxylation sites is 1. The van der Waals surface area contributed by atoms with E-state index in [1.807, 2.05) is 6.07 Å². The minimum Gasteiger partial charge on any atom is -0.452 e. The second kappa shape index (κ2) is 6.56. The van der Waals surface area contributed by atoms with E-state index in [1.54, 1.807) is 54.6 Å². The number of aliphatic hydroxyl groups is 1. The zero-order chi connectivity index (χ0) is 13.5. The molecule has 0 bridgehead atoms. The third kappa shape index (κ3) is 3.82. The average molecular weight is 258 g/mol. The smallest absolute Gasteiger partial charge is 0.341 e. The second-order valence-electron chi connectivity index (χ2n) is 3.81. The third-order valence-electron chi connectivity index (χ3n) is 2.41. The molecule has 0 aliphatic heterocycles. The van der Waals surface area contributed by atoms with Gasteiger partial charge in [0.15, 0.2) is 0 Å². The Bertz CT molecular complexity index is 510. The maximum absolute atomic E-state index is 11.8. The molecule has 0 radical (unpaired) electrons. The highest BCUT2D eigenvalue weighted by Gasteiger charge is 2.16. The Labute approximate surface area is 111 Å². The van der Waals surface area contributed by atoms with E-state index in [0.717, 1.165) is 0 Å². The van der Waals surface area contributed by atoms with Gasteiger partial charge in [0.2, 0.25) is 0 Å². The zero-order valence-electron chi connectivity index (χ0n) is 10.2. The topological polar surface area (TPSA) is 55.8 Å². The number of aliphatic hydroxyl groups excluding tert-OH is 1. The van der Waals surface area contributed by atoms with Crippen LogP contribution in [0.25, 0.3) is 0 Å². The summed E-state index contributed by atoms with van der Waals surface area (Å²) in [5, 5.41) is 9.18. The lowest BCUT2D eigenvalue weighted by molar-refractivity contribution is -0.0744. The van der Waals surface area contributed by atoms with E-state index in [9.17, 15) is 9.90 Å². The van der Waals surface area contributed by atoms with Crippen LogP contribution in [0.4, 0.5) is 0 Å². The van der Waals surface area contributed by atoms with Crippen LogP contribution >= 0.6 is 0 Å². The normalized spacial score (nSPS) is 11.6. The van der Waals surface area contributed by atoms with Crippen molar-refractivity contribution in [3.05, 3.63) is 66.2 Å². The van der Waals surface area contributed by atoms with Crippen molar-refractivity contribution in [2.24, 2.45) is 0 Å². The lowest BCUT2D eigenvalue weighted by Crippen LogP contribution is -2.28. The molecule has 98 valence electrons. The van der Waals surface area contributed by atoms with Crippen molar-refractivity contribution in [2.45, 2.75) is 6.29 Å². The molecule has 0 aliphatic carbocycles. The minimum absolute atomic E-state index is 0.409. The van der Waals surface area contributed by atoms with Gasteiger partial charge in [0.25, 0.3) is 6.29 Å². The first-order valence-corrected chi connectivity index (χ1v) is 5.88. The van der Waals surface area contributed by atoms with Crippen LogP contribution in [0.15, 0.2) is 60.7 Å². The molecule has 19 heavy (non-hydrogen) atoms. The van der Waals surface area contributed by atoms with Crippen molar-refractivity contribution in [3.8, 4) is 5.75 Å². The molecular weight excluding hydrogens is 244 g/mol. The van der Waals surface area contributed by atoms with Crippen LogP contribution in [-0.4, -0.2) is 24.0 Å². The largest absolute Gasteiger partial charge is 0.452 e. The molecule has 2 aromatic rings. The van der Waals surface area contributed by atoms with Crippen LogP contribution < -0.4 is 4.74 Å². The first-order chi connectivity index (χ1) is 9.29. The standard InChI is InChI=1S/C15H14O4/c16-11-14(18-13-9-5-2-6-10-13)19-15(17)12-7-3-1-4-8-12/h1-10,14,16H,11H2. The van der Waals surface area contributed by atoms with Crippen molar-refractivity contribution in [1.29, 1.82) is 0 Å². The molecule has 2 aromatic carbocycles. The molecule has 0 spiro atoms. The summed E-state index contributed by atoms with van der Waals surface area (Å²) in [6, 6.07) is 17.4. The average Bonchev–Trinajstić information content (AvgIpc) is 2.48. The fraction of sp³-hybridized carbons (Fsp3) is 0.133. The number of esters is 1.